The minimum absolute atomic E-state index is 0.0108. The smallest absolute Gasteiger partial charge is 0.246 e. The van der Waals surface area contributed by atoms with Gasteiger partial charge >= 0.3 is 0 Å². The van der Waals surface area contributed by atoms with Crippen LogP contribution in [0.2, 0.25) is 0 Å². The summed E-state index contributed by atoms with van der Waals surface area (Å²) in [5.41, 5.74) is 29.0. The van der Waals surface area contributed by atoms with E-state index in [1.165, 1.54) is 4.90 Å². The third kappa shape index (κ3) is 17.0. The first-order valence-electron chi connectivity index (χ1n) is 20.8. The first-order chi connectivity index (χ1) is 29.9. The second-order valence-corrected chi connectivity index (χ2v) is 15.8. The number of carbonyl (C=O) groups excluding carboxylic acids is 8. The molecule has 16 N–H and O–H groups in total. The number of aliphatic hydroxyl groups excluding tert-OH is 1. The van der Waals surface area contributed by atoms with Gasteiger partial charge in [-0.15, -0.1) is 0 Å². The molecule has 1 heterocycles. The number of aliphatic imine (C=N–C) groups is 1. The molecule has 0 aromatic heterocycles. The summed E-state index contributed by atoms with van der Waals surface area (Å²) in [6.45, 7) is 3.15. The van der Waals surface area contributed by atoms with E-state index in [0.717, 1.165) is 0 Å². The van der Waals surface area contributed by atoms with Crippen LogP contribution >= 0.6 is 0 Å². The summed E-state index contributed by atoms with van der Waals surface area (Å²) in [5, 5.41) is 22.7. The predicted octanol–water partition coefficient (Wildman–Crippen LogP) is -3.33. The number of primary amides is 2. The quantitative estimate of drug-likeness (QED) is 0.0265. The van der Waals surface area contributed by atoms with E-state index in [9.17, 15) is 43.5 Å². The number of rotatable bonds is 25. The van der Waals surface area contributed by atoms with Gasteiger partial charge in [0.15, 0.2) is 5.96 Å². The minimum atomic E-state index is -1.50. The summed E-state index contributed by atoms with van der Waals surface area (Å²) in [6, 6.07) is 8.61. The molecule has 1 aliphatic rings. The summed E-state index contributed by atoms with van der Waals surface area (Å²) < 4.78 is 0. The molecule has 0 unspecified atom stereocenters. The highest BCUT2D eigenvalue weighted by Gasteiger charge is 2.39. The maximum atomic E-state index is 14.3. The van der Waals surface area contributed by atoms with Crippen molar-refractivity contribution in [1.82, 2.24) is 31.5 Å². The fourth-order valence-corrected chi connectivity index (χ4v) is 6.97. The van der Waals surface area contributed by atoms with Crippen molar-refractivity contribution in [3.63, 3.8) is 0 Å². The van der Waals surface area contributed by atoms with E-state index in [1.54, 1.807) is 74.5 Å². The van der Waals surface area contributed by atoms with E-state index in [4.69, 9.17) is 28.7 Å². The van der Waals surface area contributed by atoms with Gasteiger partial charge in [0.25, 0.3) is 0 Å². The van der Waals surface area contributed by atoms with E-state index in [2.05, 4.69) is 31.6 Å². The van der Waals surface area contributed by atoms with Gasteiger partial charge in [0.2, 0.25) is 47.3 Å². The van der Waals surface area contributed by atoms with Gasteiger partial charge in [0, 0.05) is 25.9 Å². The van der Waals surface area contributed by atoms with Gasteiger partial charge in [-0.05, 0) is 49.1 Å². The highest BCUT2D eigenvalue weighted by Crippen LogP contribution is 2.19. The van der Waals surface area contributed by atoms with Crippen LogP contribution in [0.25, 0.3) is 0 Å². The van der Waals surface area contributed by atoms with Crippen LogP contribution in [-0.2, 0) is 51.2 Å². The van der Waals surface area contributed by atoms with Crippen LogP contribution in [-0.4, -0.2) is 125 Å². The molecule has 2 aromatic rings. The Bertz CT molecular complexity index is 1910. The highest BCUT2D eigenvalue weighted by atomic mass is 16.3. The summed E-state index contributed by atoms with van der Waals surface area (Å²) in [7, 11) is 0. The van der Waals surface area contributed by atoms with Crippen molar-refractivity contribution in [2.75, 3.05) is 19.7 Å². The second kappa shape index (κ2) is 25.4. The normalized spacial score (nSPS) is 16.3. The van der Waals surface area contributed by atoms with Crippen LogP contribution in [0.15, 0.2) is 65.7 Å². The van der Waals surface area contributed by atoms with Crippen molar-refractivity contribution in [3.8, 4) is 0 Å². The van der Waals surface area contributed by atoms with Crippen LogP contribution in [0.4, 0.5) is 0 Å². The Morgan fingerprint density at radius 2 is 1.17 bits per heavy atom. The van der Waals surface area contributed by atoms with Gasteiger partial charge in [0.05, 0.1) is 13.0 Å². The number of nitrogens with zero attached hydrogens (tertiary/aromatic N) is 2. The van der Waals surface area contributed by atoms with E-state index in [-0.39, 0.29) is 57.1 Å². The molecule has 7 atom stereocenters. The lowest BCUT2D eigenvalue weighted by Crippen LogP contribution is -2.60. The summed E-state index contributed by atoms with van der Waals surface area (Å²) in [6.07, 6.45) is 0.287. The summed E-state index contributed by atoms with van der Waals surface area (Å²) >= 11 is 0. The number of hydrogen-bond donors (Lipinski definition) is 11. The molecular weight excluding hydrogens is 817 g/mol. The number of hydrogen-bond acceptors (Lipinski definition) is 11. The molecule has 21 heteroatoms. The highest BCUT2D eigenvalue weighted by molar-refractivity contribution is 5.98. The molecule has 1 fully saturated rings. The first-order valence-corrected chi connectivity index (χ1v) is 20.8. The first kappa shape index (κ1) is 50.7. The lowest BCUT2D eigenvalue weighted by molar-refractivity contribution is -0.142. The number of guanidine groups is 1. The molecule has 344 valence electrons. The SMILES string of the molecule is CC(C)C[C@H](NC(=O)[C@H](Cc1ccccc1)NC(=O)[C@H](Cc1ccccc1)NC(=O)[C@@H](N)CO)C(=O)N[C@@H](CCCN=C(N)N)C(=O)N[C@@H](CC(N)=O)C(=O)N1CCC[C@H]1C(N)=O. The predicted molar refractivity (Wildman–Crippen MR) is 232 cm³/mol. The van der Waals surface area contributed by atoms with Crippen LogP contribution in [0, 0.1) is 5.92 Å². The number of nitrogens with two attached hydrogens (primary N) is 5. The summed E-state index contributed by atoms with van der Waals surface area (Å²) in [5.74, 6) is -6.78. The Morgan fingerprint density at radius 3 is 1.67 bits per heavy atom. The third-order valence-electron chi connectivity index (χ3n) is 10.2. The molecule has 3 rings (SSSR count). The number of likely N-dealkylation sites (tertiary alicyclic amines) is 1. The third-order valence-corrected chi connectivity index (χ3v) is 10.2. The topological polar surface area (TPSA) is 363 Å². The maximum absolute atomic E-state index is 14.3. The molecule has 0 bridgehead atoms. The number of aliphatic hydroxyl groups is 1. The van der Waals surface area contributed by atoms with Crippen molar-refractivity contribution in [3.05, 3.63) is 71.8 Å². The molecule has 63 heavy (non-hydrogen) atoms. The Labute approximate surface area is 366 Å². The van der Waals surface area contributed by atoms with Gasteiger partial charge in [-0.3, -0.25) is 43.3 Å². The van der Waals surface area contributed by atoms with Gasteiger partial charge in [-0.1, -0.05) is 74.5 Å². The number of nitrogens with one attached hydrogen (secondary N) is 5. The van der Waals surface area contributed by atoms with Crippen LogP contribution < -0.4 is 55.3 Å². The zero-order valence-electron chi connectivity index (χ0n) is 35.7. The lowest BCUT2D eigenvalue weighted by atomic mass is 9.99. The number of amides is 8. The van der Waals surface area contributed by atoms with Crippen molar-refractivity contribution < 1.29 is 43.5 Å². The molecule has 0 spiro atoms. The Morgan fingerprint density at radius 1 is 0.698 bits per heavy atom. The van der Waals surface area contributed by atoms with Crippen LogP contribution in [0.1, 0.15) is 63.5 Å². The average Bonchev–Trinajstić information content (AvgIpc) is 3.74. The Kier molecular flexibility index (Phi) is 20.4. The fraction of sp³-hybridized carbons (Fsp3) is 0.500. The van der Waals surface area contributed by atoms with Gasteiger partial charge in [-0.25, -0.2) is 0 Å². The summed E-state index contributed by atoms with van der Waals surface area (Å²) in [4.78, 5) is 112. The standard InChI is InChI=1S/C42H62N12O9/c1-24(2)19-29(38(60)49-28(15-9-17-48-42(46)47)37(59)53-32(22-34(44)56)41(63)54-18-10-16-33(54)35(45)57)51-40(62)31(21-26-13-7-4-8-14-26)52-39(61)30(50-36(58)27(43)23-55)20-25-11-5-3-6-12-25/h3-8,11-14,24,27-33,55H,9-10,15-23,43H2,1-2H3,(H2,44,56)(H2,45,57)(H,49,60)(H,50,58)(H,51,62)(H,52,61)(H,53,59)(H4,46,47,48)/t27-,28-,29-,30-,31-,32-,33-/m0/s1. The molecule has 1 aliphatic heterocycles. The van der Waals surface area contributed by atoms with Crippen molar-refractivity contribution in [2.45, 2.75) is 108 Å². The van der Waals surface area contributed by atoms with Crippen molar-refractivity contribution >= 4 is 53.2 Å². The largest absolute Gasteiger partial charge is 0.394 e. The number of benzene rings is 2. The zero-order chi connectivity index (χ0) is 46.6. The fourth-order valence-electron chi connectivity index (χ4n) is 6.97. The van der Waals surface area contributed by atoms with E-state index in [1.807, 2.05) is 0 Å². The average molecular weight is 879 g/mol. The molecule has 0 saturated carbocycles. The molecule has 0 aliphatic carbocycles. The van der Waals surface area contributed by atoms with Crippen molar-refractivity contribution in [2.24, 2.45) is 39.6 Å². The number of carbonyl (C=O) groups is 8. The van der Waals surface area contributed by atoms with E-state index < -0.39 is 103 Å². The van der Waals surface area contributed by atoms with Crippen LogP contribution in [0.5, 0.6) is 0 Å². The van der Waals surface area contributed by atoms with E-state index >= 15 is 0 Å². The van der Waals surface area contributed by atoms with Crippen molar-refractivity contribution in [1.29, 1.82) is 0 Å². The zero-order valence-corrected chi connectivity index (χ0v) is 35.7. The molecule has 1 saturated heterocycles. The molecule has 21 nitrogen and oxygen atoms in total. The minimum Gasteiger partial charge on any atom is -0.394 e. The van der Waals surface area contributed by atoms with Gasteiger partial charge < -0.3 is 65.3 Å². The monoisotopic (exact) mass is 878 g/mol. The van der Waals surface area contributed by atoms with E-state index in [0.29, 0.717) is 24.0 Å². The Balaban J connectivity index is 1.92. The molecule has 2 aromatic carbocycles. The molecular formula is C42H62N12O9. The van der Waals surface area contributed by atoms with Crippen LogP contribution in [0.3, 0.4) is 0 Å². The Hall–Kier alpha value is -6.61. The lowest BCUT2D eigenvalue weighted by Gasteiger charge is -2.29. The molecule has 8 amide bonds. The van der Waals surface area contributed by atoms with Gasteiger partial charge in [-0.2, -0.15) is 0 Å². The maximum Gasteiger partial charge on any atom is 0.246 e. The second-order valence-electron chi connectivity index (χ2n) is 15.8. The van der Waals surface area contributed by atoms with Gasteiger partial charge in [0.1, 0.15) is 42.3 Å². The molecule has 0 radical (unpaired) electrons.